The van der Waals surface area contributed by atoms with Crippen molar-refractivity contribution in [3.05, 3.63) is 46.9 Å². The number of aryl methyl sites for hydroxylation is 1. The van der Waals surface area contributed by atoms with Crippen LogP contribution in [0.4, 0.5) is 5.69 Å². The number of hydrogen-bond acceptors (Lipinski definition) is 4. The summed E-state index contributed by atoms with van der Waals surface area (Å²) in [4.78, 5) is 35.1. The summed E-state index contributed by atoms with van der Waals surface area (Å²) in [6, 6.07) is 1.28. The van der Waals surface area contributed by atoms with Crippen molar-refractivity contribution < 1.29 is 4.92 Å². The number of nitrogens with one attached hydrogen (secondary N) is 1. The zero-order valence-corrected chi connectivity index (χ0v) is 10.4. The lowest BCUT2D eigenvalue weighted by Crippen LogP contribution is -2.35. The molecule has 1 N–H and O–H groups in total. The first-order valence-corrected chi connectivity index (χ1v) is 5.35. The molecular weight excluding hydrogens is 285 g/mol. The van der Waals surface area contributed by atoms with Gasteiger partial charge in [0.05, 0.1) is 15.5 Å². The summed E-state index contributed by atoms with van der Waals surface area (Å²) >= 11 is 11.5. The molecule has 1 aromatic heterocycles. The maximum atomic E-state index is 11.4. The molecule has 18 heavy (non-hydrogen) atoms. The van der Waals surface area contributed by atoms with E-state index in [0.29, 0.717) is 0 Å². The normalized spacial score (nSPS) is 10.8. The summed E-state index contributed by atoms with van der Waals surface area (Å²) < 4.78 is 0.976. The average molecular weight is 290 g/mol. The van der Waals surface area contributed by atoms with E-state index in [1.807, 2.05) is 0 Å². The van der Waals surface area contributed by atoms with Crippen molar-refractivity contribution in [1.82, 2.24) is 9.55 Å². The molecule has 1 heterocycles. The van der Waals surface area contributed by atoms with Crippen LogP contribution in [0.1, 0.15) is 0 Å². The Balaban J connectivity index is 3.17. The molecular formula is C9H5Cl2N3O4. The van der Waals surface area contributed by atoms with E-state index >= 15 is 0 Å². The van der Waals surface area contributed by atoms with Crippen molar-refractivity contribution in [3.63, 3.8) is 0 Å². The summed E-state index contributed by atoms with van der Waals surface area (Å²) in [6.45, 7) is 0. The van der Waals surface area contributed by atoms with Crippen LogP contribution in [-0.4, -0.2) is 14.5 Å². The van der Waals surface area contributed by atoms with E-state index in [2.05, 4.69) is 4.98 Å². The zero-order chi connectivity index (χ0) is 13.6. The van der Waals surface area contributed by atoms with Crippen LogP contribution in [0.3, 0.4) is 0 Å². The van der Waals surface area contributed by atoms with Gasteiger partial charge in [-0.1, -0.05) is 23.2 Å². The van der Waals surface area contributed by atoms with Crippen LogP contribution < -0.4 is 11.1 Å². The Morgan fingerprint density at radius 1 is 1.39 bits per heavy atom. The van der Waals surface area contributed by atoms with E-state index in [1.54, 1.807) is 0 Å². The van der Waals surface area contributed by atoms with E-state index in [0.717, 1.165) is 4.57 Å². The Labute approximate surface area is 109 Å². The molecule has 0 amide bonds. The number of aromatic nitrogens is 2. The summed E-state index contributed by atoms with van der Waals surface area (Å²) in [6.07, 6.45) is 0. The summed E-state index contributed by atoms with van der Waals surface area (Å²) in [7, 11) is 1.31. The Hall–Kier alpha value is -1.86. The van der Waals surface area contributed by atoms with E-state index in [-0.39, 0.29) is 21.1 Å². The summed E-state index contributed by atoms with van der Waals surface area (Å²) in [5.41, 5.74) is -2.35. The molecule has 0 aliphatic carbocycles. The Morgan fingerprint density at radius 2 is 2.00 bits per heavy atom. The molecule has 0 saturated carbocycles. The van der Waals surface area contributed by atoms with Gasteiger partial charge >= 0.3 is 16.8 Å². The lowest BCUT2D eigenvalue weighted by atomic mass is 10.2. The fourth-order valence-corrected chi connectivity index (χ4v) is 2.00. The number of halogens is 2. The third kappa shape index (κ3) is 1.68. The van der Waals surface area contributed by atoms with Crippen LogP contribution >= 0.6 is 23.2 Å². The molecule has 0 bridgehead atoms. The molecule has 0 spiro atoms. The van der Waals surface area contributed by atoms with Gasteiger partial charge in [0.15, 0.2) is 0 Å². The van der Waals surface area contributed by atoms with E-state index in [4.69, 9.17) is 23.2 Å². The minimum absolute atomic E-state index is 0.0714. The van der Waals surface area contributed by atoms with Gasteiger partial charge in [0.25, 0.3) is 0 Å². The van der Waals surface area contributed by atoms with Crippen LogP contribution in [0, 0.1) is 10.1 Å². The lowest BCUT2D eigenvalue weighted by molar-refractivity contribution is -0.383. The number of rotatable bonds is 1. The second-order valence-corrected chi connectivity index (χ2v) is 4.28. The molecule has 0 fully saturated rings. The van der Waals surface area contributed by atoms with Crippen LogP contribution in [0.2, 0.25) is 10.0 Å². The smallest absolute Gasteiger partial charge is 0.310 e. The predicted octanol–water partition coefficient (Wildman–Crippen LogP) is 1.44. The SMILES string of the molecule is Cn1c(=O)c(=O)[nH]c2c([N+](=O)[O-])c(Cl)c(Cl)cc21. The predicted molar refractivity (Wildman–Crippen MR) is 66.5 cm³/mol. The number of aromatic amines is 1. The van der Waals surface area contributed by atoms with Gasteiger partial charge in [-0.15, -0.1) is 0 Å². The lowest BCUT2D eigenvalue weighted by Gasteiger charge is -2.06. The fraction of sp³-hybridized carbons (Fsp3) is 0.111. The van der Waals surface area contributed by atoms with Crippen LogP contribution in [0.25, 0.3) is 11.0 Å². The van der Waals surface area contributed by atoms with Gasteiger partial charge in [-0.05, 0) is 6.07 Å². The molecule has 1 aromatic carbocycles. The Bertz CT molecular complexity index is 793. The van der Waals surface area contributed by atoms with Crippen molar-refractivity contribution >= 4 is 39.9 Å². The standard InChI is InChI=1S/C9H5Cl2N3O4/c1-13-4-2-3(10)5(11)7(14(17)18)6(4)12-8(15)9(13)16/h2H,1H3,(H,12,15). The highest BCUT2D eigenvalue weighted by atomic mass is 35.5. The van der Waals surface area contributed by atoms with E-state index in [9.17, 15) is 19.7 Å². The van der Waals surface area contributed by atoms with Gasteiger partial charge in [0, 0.05) is 7.05 Å². The van der Waals surface area contributed by atoms with Gasteiger partial charge < -0.3 is 9.55 Å². The molecule has 0 aliphatic heterocycles. The molecule has 7 nitrogen and oxygen atoms in total. The summed E-state index contributed by atoms with van der Waals surface area (Å²) in [5.74, 6) is 0. The second kappa shape index (κ2) is 4.11. The molecule has 94 valence electrons. The third-order valence-electron chi connectivity index (χ3n) is 2.46. The molecule has 0 saturated heterocycles. The van der Waals surface area contributed by atoms with Crippen molar-refractivity contribution in [3.8, 4) is 0 Å². The number of H-pyrrole nitrogens is 1. The minimum atomic E-state index is -0.966. The van der Waals surface area contributed by atoms with Crippen LogP contribution in [0.15, 0.2) is 15.7 Å². The highest BCUT2D eigenvalue weighted by molar-refractivity contribution is 6.44. The summed E-state index contributed by atoms with van der Waals surface area (Å²) in [5, 5.41) is 10.6. The number of nitro benzene ring substituents is 1. The molecule has 2 aromatic rings. The fourth-order valence-electron chi connectivity index (χ4n) is 1.59. The highest BCUT2D eigenvalue weighted by Crippen LogP contribution is 2.36. The molecule has 0 unspecified atom stereocenters. The van der Waals surface area contributed by atoms with E-state index < -0.39 is 21.7 Å². The Kier molecular flexibility index (Phi) is 2.88. The van der Waals surface area contributed by atoms with Crippen molar-refractivity contribution in [2.45, 2.75) is 0 Å². The molecule has 0 atom stereocenters. The first kappa shape index (κ1) is 12.6. The maximum absolute atomic E-state index is 11.4. The average Bonchev–Trinajstić information content (AvgIpc) is 2.29. The van der Waals surface area contributed by atoms with Gasteiger partial charge in [-0.25, -0.2) is 0 Å². The molecule has 0 aliphatic rings. The van der Waals surface area contributed by atoms with Crippen molar-refractivity contribution in [2.75, 3.05) is 0 Å². The topological polar surface area (TPSA) is 98.0 Å². The van der Waals surface area contributed by atoms with Gasteiger partial charge in [0.2, 0.25) is 0 Å². The molecule has 9 heteroatoms. The Morgan fingerprint density at radius 3 is 2.56 bits per heavy atom. The monoisotopic (exact) mass is 289 g/mol. The van der Waals surface area contributed by atoms with Crippen molar-refractivity contribution in [1.29, 1.82) is 0 Å². The largest absolute Gasteiger partial charge is 0.316 e. The van der Waals surface area contributed by atoms with Gasteiger partial charge in [-0.3, -0.25) is 19.7 Å². The van der Waals surface area contributed by atoms with Crippen molar-refractivity contribution in [2.24, 2.45) is 7.05 Å². The van der Waals surface area contributed by atoms with Gasteiger partial charge in [-0.2, -0.15) is 0 Å². The van der Waals surface area contributed by atoms with E-state index in [1.165, 1.54) is 13.1 Å². The number of hydrogen-bond donors (Lipinski definition) is 1. The van der Waals surface area contributed by atoms with Crippen LogP contribution in [-0.2, 0) is 7.05 Å². The number of benzene rings is 1. The first-order valence-electron chi connectivity index (χ1n) is 4.60. The number of nitrogens with zero attached hydrogens (tertiary/aromatic N) is 2. The highest BCUT2D eigenvalue weighted by Gasteiger charge is 2.23. The second-order valence-electron chi connectivity index (χ2n) is 3.49. The minimum Gasteiger partial charge on any atom is -0.310 e. The van der Waals surface area contributed by atoms with Crippen LogP contribution in [0.5, 0.6) is 0 Å². The molecule has 2 rings (SSSR count). The zero-order valence-electron chi connectivity index (χ0n) is 8.86. The first-order chi connectivity index (χ1) is 8.34. The molecule has 0 radical (unpaired) electrons. The number of fused-ring (bicyclic) bond motifs is 1. The number of nitro groups is 1. The third-order valence-corrected chi connectivity index (χ3v) is 3.23. The maximum Gasteiger partial charge on any atom is 0.316 e. The van der Waals surface area contributed by atoms with Gasteiger partial charge in [0.1, 0.15) is 10.5 Å². The quantitative estimate of drug-likeness (QED) is 0.488.